The van der Waals surface area contributed by atoms with Gasteiger partial charge in [-0.05, 0) is 49.1 Å². The Morgan fingerprint density at radius 3 is 2.40 bits per heavy atom. The summed E-state index contributed by atoms with van der Waals surface area (Å²) in [6.45, 7) is 7.09. The second-order valence-corrected chi connectivity index (χ2v) is 8.85. The Bertz CT molecular complexity index is 1500. The van der Waals surface area contributed by atoms with Gasteiger partial charge in [-0.1, -0.05) is 32.4 Å². The number of halogens is 1. The van der Waals surface area contributed by atoms with E-state index in [-0.39, 0.29) is 23.7 Å². The fourth-order valence-corrected chi connectivity index (χ4v) is 4.32. The number of hydrogen-bond acceptors (Lipinski definition) is 5. The summed E-state index contributed by atoms with van der Waals surface area (Å²) >= 11 is 0. The molecule has 2 aromatic heterocycles. The first-order chi connectivity index (χ1) is 16.6. The van der Waals surface area contributed by atoms with Gasteiger partial charge >= 0.3 is 11.6 Å². The van der Waals surface area contributed by atoms with Crippen LogP contribution in [0.1, 0.15) is 37.0 Å². The number of rotatable bonds is 7. The number of nitrogens with one attached hydrogen (secondary N) is 1. The monoisotopic (exact) mass is 479 g/mol. The first-order valence-corrected chi connectivity index (χ1v) is 11.4. The van der Waals surface area contributed by atoms with Crippen LogP contribution >= 0.6 is 0 Å². The summed E-state index contributed by atoms with van der Waals surface area (Å²) in [5.41, 5.74) is 3.12. The maximum atomic E-state index is 13.4. The van der Waals surface area contributed by atoms with E-state index in [0.29, 0.717) is 34.1 Å². The number of carboxylic acids is 1. The van der Waals surface area contributed by atoms with E-state index in [1.807, 2.05) is 13.0 Å². The van der Waals surface area contributed by atoms with Crippen LogP contribution in [0.4, 0.5) is 4.39 Å². The lowest BCUT2D eigenvalue weighted by Gasteiger charge is -2.20. The molecule has 7 nitrogen and oxygen atoms in total. The fraction of sp³-hybridized carbons (Fsp3) is 0.296. The minimum Gasteiger partial charge on any atom is -0.480 e. The van der Waals surface area contributed by atoms with Crippen LogP contribution in [0.15, 0.2) is 50.2 Å². The highest BCUT2D eigenvalue weighted by molar-refractivity contribution is 6.05. The largest absolute Gasteiger partial charge is 0.480 e. The molecule has 0 bridgehead atoms. The number of hydrogen-bond donors (Lipinski definition) is 2. The van der Waals surface area contributed by atoms with Gasteiger partial charge in [-0.2, -0.15) is 0 Å². The Morgan fingerprint density at radius 2 is 1.77 bits per heavy atom. The molecule has 0 saturated carbocycles. The van der Waals surface area contributed by atoms with Crippen LogP contribution in [0.3, 0.4) is 0 Å². The number of carbonyl (C=O) groups is 2. The van der Waals surface area contributed by atoms with Crippen LogP contribution in [0, 0.1) is 25.6 Å². The van der Waals surface area contributed by atoms with Gasteiger partial charge in [0, 0.05) is 21.9 Å². The fourth-order valence-electron chi connectivity index (χ4n) is 4.32. The second-order valence-electron chi connectivity index (χ2n) is 8.85. The SMILES string of the molecule is CC[C@@H](C)[C@H](NC(=O)Cc1c(C)c2cc3c(-c4ccc(F)cc4)coc3c(C)c2oc1=O)C(=O)O. The predicted molar refractivity (Wildman–Crippen MR) is 130 cm³/mol. The Kier molecular flexibility index (Phi) is 6.47. The van der Waals surface area contributed by atoms with E-state index in [2.05, 4.69) is 5.32 Å². The molecule has 0 spiro atoms. The summed E-state index contributed by atoms with van der Waals surface area (Å²) in [6.07, 6.45) is 1.84. The van der Waals surface area contributed by atoms with Crippen molar-refractivity contribution in [1.29, 1.82) is 0 Å². The third-order valence-corrected chi connectivity index (χ3v) is 6.63. The van der Waals surface area contributed by atoms with Gasteiger partial charge in [0.05, 0.1) is 18.2 Å². The lowest BCUT2D eigenvalue weighted by Crippen LogP contribution is -2.45. The van der Waals surface area contributed by atoms with Crippen molar-refractivity contribution >= 4 is 33.8 Å². The quantitative estimate of drug-likeness (QED) is 0.356. The van der Waals surface area contributed by atoms with Crippen LogP contribution in [-0.2, 0) is 16.0 Å². The Balaban J connectivity index is 1.79. The molecule has 182 valence electrons. The zero-order valence-electron chi connectivity index (χ0n) is 19.9. The van der Waals surface area contributed by atoms with Gasteiger partial charge in [-0.15, -0.1) is 0 Å². The molecule has 1 amide bonds. The molecule has 4 rings (SSSR count). The van der Waals surface area contributed by atoms with E-state index in [9.17, 15) is 23.9 Å². The molecule has 0 saturated heterocycles. The molecule has 0 aliphatic carbocycles. The summed E-state index contributed by atoms with van der Waals surface area (Å²) in [6, 6.07) is 6.83. The van der Waals surface area contributed by atoms with Crippen molar-refractivity contribution in [3.05, 3.63) is 69.5 Å². The van der Waals surface area contributed by atoms with Crippen molar-refractivity contribution in [2.75, 3.05) is 0 Å². The zero-order chi connectivity index (χ0) is 25.4. The number of fused-ring (bicyclic) bond motifs is 2. The molecule has 0 unspecified atom stereocenters. The highest BCUT2D eigenvalue weighted by Gasteiger charge is 2.26. The molecule has 8 heteroatoms. The third kappa shape index (κ3) is 4.43. The maximum Gasteiger partial charge on any atom is 0.340 e. The van der Waals surface area contributed by atoms with Crippen molar-refractivity contribution in [2.24, 2.45) is 5.92 Å². The van der Waals surface area contributed by atoms with Crippen molar-refractivity contribution in [3.8, 4) is 11.1 Å². The van der Waals surface area contributed by atoms with E-state index in [1.165, 1.54) is 12.1 Å². The number of aryl methyl sites for hydroxylation is 2. The van der Waals surface area contributed by atoms with Gasteiger partial charge in [0.2, 0.25) is 5.91 Å². The van der Waals surface area contributed by atoms with Gasteiger partial charge in [0.25, 0.3) is 0 Å². The zero-order valence-corrected chi connectivity index (χ0v) is 19.9. The molecule has 2 N–H and O–H groups in total. The molecule has 0 radical (unpaired) electrons. The van der Waals surface area contributed by atoms with E-state index >= 15 is 0 Å². The molecular formula is C27H26FNO6. The average molecular weight is 480 g/mol. The van der Waals surface area contributed by atoms with Crippen LogP contribution in [-0.4, -0.2) is 23.0 Å². The lowest BCUT2D eigenvalue weighted by atomic mass is 9.96. The van der Waals surface area contributed by atoms with Crippen LogP contribution < -0.4 is 10.9 Å². The third-order valence-electron chi connectivity index (χ3n) is 6.63. The molecular weight excluding hydrogens is 453 g/mol. The number of aliphatic carboxylic acids is 1. The first-order valence-electron chi connectivity index (χ1n) is 11.4. The molecule has 2 aromatic carbocycles. The normalized spacial score (nSPS) is 13.2. The molecule has 35 heavy (non-hydrogen) atoms. The summed E-state index contributed by atoms with van der Waals surface area (Å²) in [7, 11) is 0. The van der Waals surface area contributed by atoms with Crippen LogP contribution in [0.25, 0.3) is 33.1 Å². The van der Waals surface area contributed by atoms with Gasteiger partial charge in [0.15, 0.2) is 0 Å². The summed E-state index contributed by atoms with van der Waals surface area (Å²) < 4.78 is 24.8. The summed E-state index contributed by atoms with van der Waals surface area (Å²) in [5.74, 6) is -2.31. The Labute approximate surface area is 200 Å². The number of carboxylic acid groups (broad SMARTS) is 1. The number of amides is 1. The molecule has 4 aromatic rings. The second kappa shape index (κ2) is 9.37. The van der Waals surface area contributed by atoms with E-state index in [4.69, 9.17) is 8.83 Å². The van der Waals surface area contributed by atoms with Gasteiger partial charge in [-0.25, -0.2) is 14.0 Å². The predicted octanol–water partition coefficient (Wildman–Crippen LogP) is 5.12. The minimum atomic E-state index is -1.12. The molecule has 2 atom stereocenters. The van der Waals surface area contributed by atoms with Crippen molar-refractivity contribution in [3.63, 3.8) is 0 Å². The topological polar surface area (TPSA) is 110 Å². The highest BCUT2D eigenvalue weighted by atomic mass is 19.1. The van der Waals surface area contributed by atoms with E-state index in [0.717, 1.165) is 16.5 Å². The van der Waals surface area contributed by atoms with Gasteiger partial charge < -0.3 is 19.3 Å². The Morgan fingerprint density at radius 1 is 1.09 bits per heavy atom. The van der Waals surface area contributed by atoms with Crippen molar-refractivity contribution < 1.29 is 27.9 Å². The smallest absolute Gasteiger partial charge is 0.340 e. The highest BCUT2D eigenvalue weighted by Crippen LogP contribution is 2.37. The number of carbonyl (C=O) groups excluding carboxylic acids is 1. The van der Waals surface area contributed by atoms with E-state index in [1.54, 1.807) is 39.2 Å². The van der Waals surface area contributed by atoms with Crippen LogP contribution in [0.2, 0.25) is 0 Å². The minimum absolute atomic E-state index is 0.161. The lowest BCUT2D eigenvalue weighted by molar-refractivity contribution is -0.143. The maximum absolute atomic E-state index is 13.4. The molecule has 0 aliphatic heterocycles. The molecule has 0 fully saturated rings. The van der Waals surface area contributed by atoms with Crippen molar-refractivity contribution in [2.45, 2.75) is 46.6 Å². The standard InChI is InChI=1S/C27H26FNO6/c1-5-13(2)23(26(31)32)29-22(30)11-19-14(3)18-10-20-21(16-6-8-17(28)9-7-16)12-34-24(20)15(4)25(18)35-27(19)33/h6-10,12-13,23H,5,11H2,1-4H3,(H,29,30)(H,31,32)/t13-,23+/m1/s1. The van der Waals surface area contributed by atoms with Gasteiger partial charge in [0.1, 0.15) is 23.0 Å². The number of benzene rings is 2. The van der Waals surface area contributed by atoms with Gasteiger partial charge in [-0.3, -0.25) is 4.79 Å². The van der Waals surface area contributed by atoms with E-state index < -0.39 is 23.5 Å². The summed E-state index contributed by atoms with van der Waals surface area (Å²) in [4.78, 5) is 37.1. The van der Waals surface area contributed by atoms with Crippen molar-refractivity contribution in [1.82, 2.24) is 5.32 Å². The summed E-state index contributed by atoms with van der Waals surface area (Å²) in [5, 5.41) is 13.4. The average Bonchev–Trinajstić information content (AvgIpc) is 3.25. The Hall–Kier alpha value is -3.94. The first kappa shape index (κ1) is 24.2. The molecule has 0 aliphatic rings. The van der Waals surface area contributed by atoms with Crippen LogP contribution in [0.5, 0.6) is 0 Å². The number of furan rings is 1. The molecule has 2 heterocycles.